The van der Waals surface area contributed by atoms with E-state index in [1.54, 1.807) is 16.7 Å². The number of carbonyl (C=O) groups excluding carboxylic acids is 1. The summed E-state index contributed by atoms with van der Waals surface area (Å²) in [5.41, 5.74) is 0.458. The monoisotopic (exact) mass is 481 g/mol. The number of rotatable bonds is 6. The lowest BCUT2D eigenvalue weighted by Crippen LogP contribution is -2.26. The lowest BCUT2D eigenvalue weighted by Gasteiger charge is -2.24. The van der Waals surface area contributed by atoms with Crippen LogP contribution in [0.5, 0.6) is 5.88 Å². The Morgan fingerprint density at radius 3 is 2.74 bits per heavy atom. The molecule has 1 amide bonds. The van der Waals surface area contributed by atoms with Crippen molar-refractivity contribution < 1.29 is 18.7 Å². The molecule has 2 aliphatic carbocycles. The summed E-state index contributed by atoms with van der Waals surface area (Å²) in [6, 6.07) is 2.65. The highest BCUT2D eigenvalue weighted by molar-refractivity contribution is 6.05. The summed E-state index contributed by atoms with van der Waals surface area (Å²) in [5, 5.41) is 2.67. The molecule has 6 rings (SSSR count). The minimum absolute atomic E-state index is 0.0748. The van der Waals surface area contributed by atoms with Crippen molar-refractivity contribution in [2.24, 2.45) is 0 Å². The van der Waals surface area contributed by atoms with Gasteiger partial charge < -0.3 is 19.4 Å². The van der Waals surface area contributed by atoms with E-state index in [0.717, 1.165) is 25.0 Å². The maximum Gasteiger partial charge on any atom is 0.274 e. The zero-order valence-corrected chi connectivity index (χ0v) is 20.0. The second-order valence-electron chi connectivity index (χ2n) is 10.6. The lowest BCUT2D eigenvalue weighted by atomic mass is 9.84. The van der Waals surface area contributed by atoms with Gasteiger partial charge in [0.2, 0.25) is 11.7 Å². The van der Waals surface area contributed by atoms with Crippen molar-refractivity contribution in [3.8, 4) is 5.88 Å². The average molecular weight is 482 g/mol. The maximum atomic E-state index is 13.5. The summed E-state index contributed by atoms with van der Waals surface area (Å²) < 4.78 is 28.5. The van der Waals surface area contributed by atoms with Crippen LogP contribution in [0.2, 0.25) is 0 Å². The fraction of sp³-hybridized carbons (Fsp3) is 0.520. The SMILES string of the molecule is CC(C)Oc1nc2nc(C34CCC(C)(C3)OC4)cn2cc1C(=O)Nc1cccn(C2C[C@@H]2F)c1=O. The summed E-state index contributed by atoms with van der Waals surface area (Å²) in [4.78, 5) is 35.4. The largest absolute Gasteiger partial charge is 0.474 e. The number of aromatic nitrogens is 4. The first-order valence-electron chi connectivity index (χ1n) is 12.0. The molecule has 1 saturated heterocycles. The second-order valence-corrected chi connectivity index (χ2v) is 10.6. The number of nitrogens with zero attached hydrogens (tertiary/aromatic N) is 4. The van der Waals surface area contributed by atoms with Gasteiger partial charge in [-0.25, -0.2) is 9.37 Å². The molecule has 4 heterocycles. The fourth-order valence-electron chi connectivity index (χ4n) is 5.37. The van der Waals surface area contributed by atoms with Crippen LogP contribution in [0.3, 0.4) is 0 Å². The molecule has 1 aliphatic heterocycles. The van der Waals surface area contributed by atoms with Gasteiger partial charge in [-0.1, -0.05) is 0 Å². The molecule has 0 spiro atoms. The van der Waals surface area contributed by atoms with Crippen molar-refractivity contribution in [3.05, 3.63) is 52.3 Å². The van der Waals surface area contributed by atoms with Crippen LogP contribution in [0.4, 0.5) is 10.1 Å². The smallest absolute Gasteiger partial charge is 0.274 e. The molecule has 1 N–H and O–H groups in total. The molecule has 3 fully saturated rings. The van der Waals surface area contributed by atoms with Gasteiger partial charge in [0.25, 0.3) is 11.5 Å². The molecular weight excluding hydrogens is 453 g/mol. The molecule has 3 aromatic rings. The van der Waals surface area contributed by atoms with E-state index in [4.69, 9.17) is 14.5 Å². The molecule has 3 unspecified atom stereocenters. The van der Waals surface area contributed by atoms with Crippen molar-refractivity contribution in [1.82, 2.24) is 18.9 Å². The van der Waals surface area contributed by atoms with Crippen LogP contribution >= 0.6 is 0 Å². The third-order valence-electron chi connectivity index (χ3n) is 7.35. The van der Waals surface area contributed by atoms with E-state index in [-0.39, 0.29) is 34.3 Å². The Balaban J connectivity index is 1.35. The number of alkyl halides is 1. The molecular formula is C25H28FN5O4. The van der Waals surface area contributed by atoms with Crippen molar-refractivity contribution in [2.75, 3.05) is 11.9 Å². The molecule has 9 nitrogen and oxygen atoms in total. The summed E-state index contributed by atoms with van der Waals surface area (Å²) in [5.74, 6) is 0.0382. The molecule has 4 atom stereocenters. The van der Waals surface area contributed by atoms with Gasteiger partial charge in [0.1, 0.15) is 17.4 Å². The third-order valence-corrected chi connectivity index (χ3v) is 7.35. The summed E-state index contributed by atoms with van der Waals surface area (Å²) in [6.07, 6.45) is 7.01. The van der Waals surface area contributed by atoms with Gasteiger partial charge in [0.05, 0.1) is 30.0 Å². The fourth-order valence-corrected chi connectivity index (χ4v) is 5.37. The number of hydrogen-bond donors (Lipinski definition) is 1. The number of nitrogens with one attached hydrogen (secondary N) is 1. The van der Waals surface area contributed by atoms with Crippen LogP contribution in [0.1, 0.15) is 68.5 Å². The van der Waals surface area contributed by atoms with Gasteiger partial charge in [0.15, 0.2) is 0 Å². The predicted molar refractivity (Wildman–Crippen MR) is 126 cm³/mol. The number of ether oxygens (including phenoxy) is 2. The number of anilines is 1. The molecule has 10 heteroatoms. The normalized spacial score (nSPS) is 29.2. The van der Waals surface area contributed by atoms with E-state index in [0.29, 0.717) is 18.8 Å². The van der Waals surface area contributed by atoms with Crippen molar-refractivity contribution in [2.45, 2.75) is 75.8 Å². The minimum atomic E-state index is -1.03. The Morgan fingerprint density at radius 2 is 2.11 bits per heavy atom. The van der Waals surface area contributed by atoms with E-state index in [2.05, 4.69) is 17.2 Å². The van der Waals surface area contributed by atoms with Crippen LogP contribution in [0.25, 0.3) is 5.78 Å². The molecule has 3 aliphatic rings. The van der Waals surface area contributed by atoms with Gasteiger partial charge in [-0.3, -0.25) is 14.0 Å². The zero-order chi connectivity index (χ0) is 24.5. The third kappa shape index (κ3) is 3.71. The summed E-state index contributed by atoms with van der Waals surface area (Å²) in [6.45, 7) is 6.45. The van der Waals surface area contributed by atoms with E-state index in [9.17, 15) is 14.0 Å². The lowest BCUT2D eigenvalue weighted by molar-refractivity contribution is -0.00627. The number of hydrogen-bond acceptors (Lipinski definition) is 6. The molecule has 184 valence electrons. The molecule has 3 aromatic heterocycles. The number of fused-ring (bicyclic) bond motifs is 3. The maximum absolute atomic E-state index is 13.5. The Kier molecular flexibility index (Phi) is 4.83. The van der Waals surface area contributed by atoms with E-state index >= 15 is 0 Å². The van der Waals surface area contributed by atoms with Gasteiger partial charge in [-0.2, -0.15) is 4.98 Å². The van der Waals surface area contributed by atoms with E-state index < -0.39 is 23.7 Å². The molecule has 0 aromatic carbocycles. The highest BCUT2D eigenvalue weighted by atomic mass is 19.1. The number of imidazole rings is 1. The first kappa shape index (κ1) is 22.2. The second kappa shape index (κ2) is 7.61. The van der Waals surface area contributed by atoms with E-state index in [1.807, 2.05) is 20.0 Å². The molecule has 2 saturated carbocycles. The molecule has 35 heavy (non-hydrogen) atoms. The number of amides is 1. The molecule has 0 radical (unpaired) electrons. The van der Waals surface area contributed by atoms with Crippen LogP contribution in [0.15, 0.2) is 35.5 Å². The van der Waals surface area contributed by atoms with Crippen LogP contribution in [-0.4, -0.2) is 49.3 Å². The standard InChI is InChI=1S/C25H28FN5O4/c1-14(2)35-21-15(20(32)27-17-5-4-8-31(22(17)33)18-9-16(18)26)10-30-11-19(28-23(30)29-21)25-7-6-24(3,12-25)34-13-25/h4-5,8,10-11,14,16,18H,6-7,9,12-13H2,1-3H3,(H,27,32)/t16-,18?,24?,25?/m0/s1. The van der Waals surface area contributed by atoms with E-state index in [1.165, 1.54) is 16.8 Å². The number of halogens is 1. The Hall–Kier alpha value is -3.27. The number of pyridine rings is 1. The molecule has 2 bridgehead atoms. The highest BCUT2D eigenvalue weighted by Gasteiger charge is 2.55. The Bertz CT molecular complexity index is 1390. The van der Waals surface area contributed by atoms with Crippen LogP contribution in [-0.2, 0) is 10.2 Å². The van der Waals surface area contributed by atoms with Crippen LogP contribution in [0, 0.1) is 0 Å². The van der Waals surface area contributed by atoms with Gasteiger partial charge in [-0.05, 0) is 52.2 Å². The topological polar surface area (TPSA) is 99.8 Å². The summed E-state index contributed by atoms with van der Waals surface area (Å²) in [7, 11) is 0. The zero-order valence-electron chi connectivity index (χ0n) is 20.0. The van der Waals surface area contributed by atoms with Crippen molar-refractivity contribution in [3.63, 3.8) is 0 Å². The van der Waals surface area contributed by atoms with Crippen LogP contribution < -0.4 is 15.6 Å². The van der Waals surface area contributed by atoms with Crippen molar-refractivity contribution in [1.29, 1.82) is 0 Å². The van der Waals surface area contributed by atoms with Gasteiger partial charge in [-0.15, -0.1) is 0 Å². The Labute approximate surface area is 201 Å². The Morgan fingerprint density at radius 1 is 1.31 bits per heavy atom. The quantitative estimate of drug-likeness (QED) is 0.579. The highest BCUT2D eigenvalue weighted by Crippen LogP contribution is 2.53. The number of carbonyl (C=O) groups is 1. The minimum Gasteiger partial charge on any atom is -0.474 e. The summed E-state index contributed by atoms with van der Waals surface area (Å²) >= 11 is 0. The first-order valence-corrected chi connectivity index (χ1v) is 12.0. The predicted octanol–water partition coefficient (Wildman–Crippen LogP) is 3.42. The van der Waals surface area contributed by atoms with Gasteiger partial charge >= 0.3 is 0 Å². The van der Waals surface area contributed by atoms with Gasteiger partial charge in [0, 0.05) is 30.4 Å². The van der Waals surface area contributed by atoms with Crippen molar-refractivity contribution >= 4 is 17.4 Å². The first-order chi connectivity index (χ1) is 16.7. The average Bonchev–Trinajstić information content (AvgIpc) is 3.12.